The topological polar surface area (TPSA) is 66.9 Å². The predicted octanol–water partition coefficient (Wildman–Crippen LogP) is -0.208. The fourth-order valence-electron chi connectivity index (χ4n) is 3.16. The number of carbonyl (C=O) groups excluding carboxylic acids is 1. The zero-order valence-electron chi connectivity index (χ0n) is 13.5. The third-order valence-electron chi connectivity index (χ3n) is 4.24. The summed E-state index contributed by atoms with van der Waals surface area (Å²) in [7, 11) is 1.67. The van der Waals surface area contributed by atoms with Gasteiger partial charge in [0.05, 0.1) is 32.9 Å². The summed E-state index contributed by atoms with van der Waals surface area (Å²) in [6.07, 6.45) is 1.84. The van der Waals surface area contributed by atoms with Crippen LogP contribution >= 0.6 is 11.3 Å². The van der Waals surface area contributed by atoms with Crippen molar-refractivity contribution in [3.63, 3.8) is 0 Å². The molecule has 1 aromatic rings. The van der Waals surface area contributed by atoms with E-state index in [1.54, 1.807) is 18.4 Å². The first-order valence-corrected chi connectivity index (χ1v) is 8.82. The third-order valence-corrected chi connectivity index (χ3v) is 5.01. The predicted molar refractivity (Wildman–Crippen MR) is 87.4 cm³/mol. The van der Waals surface area contributed by atoms with Crippen LogP contribution in [0.2, 0.25) is 0 Å². The second-order valence-electron chi connectivity index (χ2n) is 6.10. The first-order chi connectivity index (χ1) is 11.2. The molecule has 2 aliphatic heterocycles. The van der Waals surface area contributed by atoms with Crippen molar-refractivity contribution in [2.45, 2.75) is 12.1 Å². The number of morpholine rings is 1. The Morgan fingerprint density at radius 2 is 2.22 bits per heavy atom. The molecule has 2 saturated heterocycles. The first-order valence-electron chi connectivity index (χ1n) is 7.94. The monoisotopic (exact) mass is 340 g/mol. The molecule has 2 aliphatic rings. The highest BCUT2D eigenvalue weighted by Gasteiger charge is 2.40. The van der Waals surface area contributed by atoms with Gasteiger partial charge in [0.15, 0.2) is 0 Å². The number of nitrogens with one attached hydrogen (secondary N) is 1. The Labute approximate surface area is 140 Å². The third kappa shape index (κ3) is 4.48. The van der Waals surface area contributed by atoms with E-state index >= 15 is 0 Å². The van der Waals surface area contributed by atoms with E-state index in [0.29, 0.717) is 26.4 Å². The molecule has 128 valence electrons. The molecule has 0 radical (unpaired) electrons. The Kier molecular flexibility index (Phi) is 5.60. The second kappa shape index (κ2) is 7.67. The molecule has 3 rings (SSSR count). The Hall–Kier alpha value is -1.06. The Balaban J connectivity index is 1.64. The molecule has 0 bridgehead atoms. The minimum Gasteiger partial charge on any atom is -0.377 e. The molecule has 7 nitrogen and oxygen atoms in total. The van der Waals surface area contributed by atoms with E-state index in [2.05, 4.69) is 20.1 Å². The Morgan fingerprint density at radius 3 is 3.00 bits per heavy atom. The minimum absolute atomic E-state index is 0.0255. The Morgan fingerprint density at radius 1 is 1.39 bits per heavy atom. The van der Waals surface area contributed by atoms with Crippen molar-refractivity contribution in [2.75, 3.05) is 59.6 Å². The van der Waals surface area contributed by atoms with Gasteiger partial charge in [0.25, 0.3) is 0 Å². The summed E-state index contributed by atoms with van der Waals surface area (Å²) < 4.78 is 11.9. The molecule has 1 unspecified atom stereocenters. The van der Waals surface area contributed by atoms with Gasteiger partial charge in [-0.3, -0.25) is 14.6 Å². The molecule has 1 aromatic heterocycles. The van der Waals surface area contributed by atoms with Crippen molar-refractivity contribution in [1.29, 1.82) is 0 Å². The fraction of sp³-hybridized carbons (Fsp3) is 0.733. The standard InChI is InChI=1S/C15H24N4O3S/c1-16-13(20)8-18-3-5-21-12-15(10-18)11-19(4-6-22-15)9-14-17-2-7-23-14/h2,7H,3-6,8-12H2,1H3,(H,16,20). The highest BCUT2D eigenvalue weighted by atomic mass is 32.1. The summed E-state index contributed by atoms with van der Waals surface area (Å²) >= 11 is 1.68. The van der Waals surface area contributed by atoms with Crippen LogP contribution in [0.4, 0.5) is 0 Å². The van der Waals surface area contributed by atoms with Crippen LogP contribution in [0.25, 0.3) is 0 Å². The highest BCUT2D eigenvalue weighted by Crippen LogP contribution is 2.24. The lowest BCUT2D eigenvalue weighted by atomic mass is 10.0. The van der Waals surface area contributed by atoms with E-state index < -0.39 is 0 Å². The summed E-state index contributed by atoms with van der Waals surface area (Å²) in [5.41, 5.74) is -0.361. The van der Waals surface area contributed by atoms with E-state index in [4.69, 9.17) is 9.47 Å². The van der Waals surface area contributed by atoms with Crippen molar-refractivity contribution < 1.29 is 14.3 Å². The fourth-order valence-corrected chi connectivity index (χ4v) is 3.82. The van der Waals surface area contributed by atoms with Gasteiger partial charge in [-0.2, -0.15) is 0 Å². The molecule has 0 aliphatic carbocycles. The van der Waals surface area contributed by atoms with Gasteiger partial charge in [-0.05, 0) is 0 Å². The molecule has 23 heavy (non-hydrogen) atoms. The summed E-state index contributed by atoms with van der Waals surface area (Å²) in [5.74, 6) is 0.0255. The quantitative estimate of drug-likeness (QED) is 0.818. The molecular weight excluding hydrogens is 316 g/mol. The SMILES string of the molecule is CNC(=O)CN1CCOCC2(C1)CN(Cc1nccs1)CCO2. The molecule has 1 spiro atoms. The molecule has 3 heterocycles. The number of nitrogens with zero attached hydrogens (tertiary/aromatic N) is 3. The maximum Gasteiger partial charge on any atom is 0.233 e. The van der Waals surface area contributed by atoms with E-state index in [1.165, 1.54) is 0 Å². The van der Waals surface area contributed by atoms with Gasteiger partial charge >= 0.3 is 0 Å². The molecule has 1 N–H and O–H groups in total. The largest absolute Gasteiger partial charge is 0.377 e. The molecule has 8 heteroatoms. The van der Waals surface area contributed by atoms with Crippen LogP contribution < -0.4 is 5.32 Å². The highest BCUT2D eigenvalue weighted by molar-refractivity contribution is 7.09. The van der Waals surface area contributed by atoms with Gasteiger partial charge in [-0.1, -0.05) is 0 Å². The van der Waals surface area contributed by atoms with E-state index in [0.717, 1.165) is 37.7 Å². The molecule has 1 amide bonds. The smallest absolute Gasteiger partial charge is 0.233 e. The summed E-state index contributed by atoms with van der Waals surface area (Å²) in [6.45, 7) is 6.30. The lowest BCUT2D eigenvalue weighted by Crippen LogP contribution is -2.59. The number of carbonyl (C=O) groups is 1. The maximum atomic E-state index is 11.7. The minimum atomic E-state index is -0.361. The van der Waals surface area contributed by atoms with Crippen molar-refractivity contribution in [3.8, 4) is 0 Å². The van der Waals surface area contributed by atoms with Crippen LogP contribution in [0.1, 0.15) is 5.01 Å². The van der Waals surface area contributed by atoms with E-state index in [1.807, 2.05) is 11.6 Å². The average Bonchev–Trinajstić information content (AvgIpc) is 2.97. The summed E-state index contributed by atoms with van der Waals surface area (Å²) in [6, 6.07) is 0. The van der Waals surface area contributed by atoms with Crippen molar-refractivity contribution in [3.05, 3.63) is 16.6 Å². The molecule has 2 fully saturated rings. The Bertz CT molecular complexity index is 513. The molecule has 1 atom stereocenters. The van der Waals surface area contributed by atoms with Crippen molar-refractivity contribution >= 4 is 17.2 Å². The van der Waals surface area contributed by atoms with Crippen molar-refractivity contribution in [2.24, 2.45) is 0 Å². The molecule has 0 saturated carbocycles. The van der Waals surface area contributed by atoms with E-state index in [-0.39, 0.29) is 11.5 Å². The summed E-state index contributed by atoms with van der Waals surface area (Å²) in [5, 5.41) is 5.81. The maximum absolute atomic E-state index is 11.7. The zero-order chi connectivity index (χ0) is 16.1. The number of aromatic nitrogens is 1. The molecule has 0 aromatic carbocycles. The van der Waals surface area contributed by atoms with Crippen LogP contribution in [0.15, 0.2) is 11.6 Å². The van der Waals surface area contributed by atoms with Gasteiger partial charge in [0.1, 0.15) is 10.6 Å². The number of ether oxygens (including phenoxy) is 2. The van der Waals surface area contributed by atoms with Gasteiger partial charge in [0, 0.05) is 44.8 Å². The lowest BCUT2D eigenvalue weighted by Gasteiger charge is -2.43. The van der Waals surface area contributed by atoms with Crippen molar-refractivity contribution in [1.82, 2.24) is 20.1 Å². The van der Waals surface area contributed by atoms with Gasteiger partial charge in [0.2, 0.25) is 5.91 Å². The number of amides is 1. The van der Waals surface area contributed by atoms with Crippen LogP contribution in [0.5, 0.6) is 0 Å². The van der Waals surface area contributed by atoms with Crippen LogP contribution in [0, 0.1) is 0 Å². The number of hydrogen-bond donors (Lipinski definition) is 1. The molecular formula is C15H24N4O3S. The van der Waals surface area contributed by atoms with Crippen LogP contribution in [-0.4, -0.2) is 85.9 Å². The van der Waals surface area contributed by atoms with Gasteiger partial charge in [-0.25, -0.2) is 4.98 Å². The lowest BCUT2D eigenvalue weighted by molar-refractivity contribution is -0.144. The normalized spacial score (nSPS) is 27.0. The zero-order valence-corrected chi connectivity index (χ0v) is 14.3. The van der Waals surface area contributed by atoms with Gasteiger partial charge in [-0.15, -0.1) is 11.3 Å². The number of hydrogen-bond acceptors (Lipinski definition) is 7. The van der Waals surface area contributed by atoms with Crippen LogP contribution in [-0.2, 0) is 20.8 Å². The number of thiazole rings is 1. The average molecular weight is 340 g/mol. The summed E-state index contributed by atoms with van der Waals surface area (Å²) in [4.78, 5) is 20.6. The second-order valence-corrected chi connectivity index (χ2v) is 7.08. The van der Waals surface area contributed by atoms with E-state index in [9.17, 15) is 4.79 Å². The number of likely N-dealkylation sites (N-methyl/N-ethyl adjacent to an activating group) is 1. The van der Waals surface area contributed by atoms with Gasteiger partial charge < -0.3 is 14.8 Å². The number of rotatable bonds is 4. The first kappa shape index (κ1) is 16.8. The van der Waals surface area contributed by atoms with Crippen LogP contribution in [0.3, 0.4) is 0 Å².